The van der Waals surface area contributed by atoms with Crippen LogP contribution >= 0.6 is 0 Å². The highest BCUT2D eigenvalue weighted by Crippen LogP contribution is 2.22. The van der Waals surface area contributed by atoms with E-state index in [9.17, 15) is 14.7 Å². The monoisotopic (exact) mass is 319 g/mol. The maximum atomic E-state index is 12.8. The highest BCUT2D eigenvalue weighted by Gasteiger charge is 2.38. The number of carbonyl (C=O) groups is 1. The van der Waals surface area contributed by atoms with Crippen LogP contribution in [-0.4, -0.2) is 64.1 Å². The lowest BCUT2D eigenvalue weighted by atomic mass is 10.1. The number of β-amino-alcohol motifs (C(OH)–C–C–N with tert-alkyl or cyclic N) is 1. The molecule has 1 aromatic heterocycles. The summed E-state index contributed by atoms with van der Waals surface area (Å²) >= 11 is 0. The van der Waals surface area contributed by atoms with Gasteiger partial charge in [0.25, 0.3) is 11.5 Å². The summed E-state index contributed by atoms with van der Waals surface area (Å²) in [6, 6.07) is 1.80. The molecule has 3 heterocycles. The molecule has 2 aliphatic heterocycles. The third kappa shape index (κ3) is 3.19. The normalized spacial score (nSPS) is 25.8. The van der Waals surface area contributed by atoms with Gasteiger partial charge in [0.15, 0.2) is 0 Å². The van der Waals surface area contributed by atoms with E-state index >= 15 is 0 Å². The Morgan fingerprint density at radius 3 is 2.57 bits per heavy atom. The van der Waals surface area contributed by atoms with Gasteiger partial charge in [-0.3, -0.25) is 14.5 Å². The van der Waals surface area contributed by atoms with Crippen molar-refractivity contribution in [2.45, 2.75) is 45.3 Å². The number of piperidine rings is 1. The summed E-state index contributed by atoms with van der Waals surface area (Å²) in [4.78, 5) is 31.5. The van der Waals surface area contributed by atoms with Gasteiger partial charge in [-0.1, -0.05) is 6.42 Å². The van der Waals surface area contributed by atoms with Crippen LogP contribution < -0.4 is 5.56 Å². The number of amides is 1. The second kappa shape index (κ2) is 6.45. The second-order valence-corrected chi connectivity index (χ2v) is 6.78. The van der Waals surface area contributed by atoms with Gasteiger partial charge in [0.05, 0.1) is 12.1 Å². The van der Waals surface area contributed by atoms with E-state index in [1.165, 1.54) is 6.42 Å². The number of aliphatic hydroxyl groups excluding tert-OH is 1. The van der Waals surface area contributed by atoms with Crippen LogP contribution in [0.1, 0.15) is 40.9 Å². The van der Waals surface area contributed by atoms with Crippen LogP contribution in [0.25, 0.3) is 0 Å². The van der Waals surface area contributed by atoms with Gasteiger partial charge in [-0.15, -0.1) is 0 Å². The largest absolute Gasteiger partial charge is 0.390 e. The lowest BCUT2D eigenvalue weighted by Crippen LogP contribution is -2.46. The molecule has 0 bridgehead atoms. The van der Waals surface area contributed by atoms with E-state index < -0.39 is 6.10 Å². The average Bonchev–Trinajstić information content (AvgIpc) is 2.89. The van der Waals surface area contributed by atoms with E-state index in [1.807, 2.05) is 6.07 Å². The first-order valence-electron chi connectivity index (χ1n) is 8.39. The van der Waals surface area contributed by atoms with Crippen molar-refractivity contribution in [3.63, 3.8) is 0 Å². The van der Waals surface area contributed by atoms with E-state index in [0.717, 1.165) is 31.6 Å². The molecule has 0 unspecified atom stereocenters. The molecule has 6 nitrogen and oxygen atoms in total. The summed E-state index contributed by atoms with van der Waals surface area (Å²) in [5.74, 6) is -0.276. The molecule has 0 spiro atoms. The second-order valence-electron chi connectivity index (χ2n) is 6.78. The highest BCUT2D eigenvalue weighted by molar-refractivity contribution is 5.95. The molecule has 0 radical (unpaired) electrons. The SMILES string of the molecule is Cc1cc(C)c(C(=O)N2C[C@H](O)[C@@H](N3CCCCC3)C2)c(=O)[nH]1. The number of hydrogen-bond acceptors (Lipinski definition) is 4. The maximum absolute atomic E-state index is 12.8. The van der Waals surface area contributed by atoms with E-state index in [4.69, 9.17) is 0 Å². The van der Waals surface area contributed by atoms with Crippen LogP contribution in [0.5, 0.6) is 0 Å². The molecule has 6 heteroatoms. The number of likely N-dealkylation sites (tertiary alicyclic amines) is 2. The van der Waals surface area contributed by atoms with Gasteiger partial charge in [-0.05, 0) is 51.4 Å². The number of aromatic nitrogens is 1. The van der Waals surface area contributed by atoms with Gasteiger partial charge in [-0.25, -0.2) is 0 Å². The number of aromatic amines is 1. The zero-order chi connectivity index (χ0) is 16.6. The summed E-state index contributed by atoms with van der Waals surface area (Å²) in [6.07, 6.45) is 2.99. The molecule has 0 aliphatic carbocycles. The van der Waals surface area contributed by atoms with Crippen molar-refractivity contribution in [3.05, 3.63) is 33.2 Å². The van der Waals surface area contributed by atoms with Crippen molar-refractivity contribution >= 4 is 5.91 Å². The molecule has 1 aromatic rings. The summed E-state index contributed by atoms with van der Waals surface area (Å²) in [5, 5.41) is 10.4. The number of aryl methyl sites for hydroxylation is 2. The number of rotatable bonds is 2. The van der Waals surface area contributed by atoms with Crippen molar-refractivity contribution in [2.75, 3.05) is 26.2 Å². The molecule has 126 valence electrons. The lowest BCUT2D eigenvalue weighted by molar-refractivity contribution is 0.0702. The molecule has 1 amide bonds. The number of nitrogens with zero attached hydrogens (tertiary/aromatic N) is 2. The number of carbonyl (C=O) groups excluding carboxylic acids is 1. The van der Waals surface area contributed by atoms with Crippen molar-refractivity contribution in [1.82, 2.24) is 14.8 Å². The Labute approximate surface area is 136 Å². The Balaban J connectivity index is 1.78. The van der Waals surface area contributed by atoms with Crippen LogP contribution in [0.2, 0.25) is 0 Å². The molecule has 2 saturated heterocycles. The number of hydrogen-bond donors (Lipinski definition) is 2. The minimum absolute atomic E-state index is 0.0101. The number of aliphatic hydroxyl groups is 1. The summed E-state index contributed by atoms with van der Waals surface area (Å²) in [6.45, 7) is 6.33. The van der Waals surface area contributed by atoms with Crippen LogP contribution in [0.4, 0.5) is 0 Å². The average molecular weight is 319 g/mol. The highest BCUT2D eigenvalue weighted by atomic mass is 16.3. The fraction of sp³-hybridized carbons (Fsp3) is 0.647. The molecule has 23 heavy (non-hydrogen) atoms. The zero-order valence-electron chi connectivity index (χ0n) is 13.8. The van der Waals surface area contributed by atoms with Gasteiger partial charge in [0.2, 0.25) is 0 Å². The van der Waals surface area contributed by atoms with Gasteiger partial charge >= 0.3 is 0 Å². The fourth-order valence-electron chi connectivity index (χ4n) is 3.82. The van der Waals surface area contributed by atoms with Crippen molar-refractivity contribution in [3.8, 4) is 0 Å². The Kier molecular flexibility index (Phi) is 4.55. The molecule has 2 fully saturated rings. The summed E-state index contributed by atoms with van der Waals surface area (Å²) < 4.78 is 0. The van der Waals surface area contributed by atoms with Crippen LogP contribution in [0.15, 0.2) is 10.9 Å². The first-order chi connectivity index (χ1) is 11.0. The molecular weight excluding hydrogens is 294 g/mol. The molecule has 3 rings (SSSR count). The summed E-state index contributed by atoms with van der Waals surface area (Å²) in [7, 11) is 0. The van der Waals surface area contributed by atoms with Gasteiger partial charge in [-0.2, -0.15) is 0 Å². The van der Waals surface area contributed by atoms with Crippen molar-refractivity contribution in [1.29, 1.82) is 0 Å². The standard InChI is InChI=1S/C17H25N3O3/c1-11-8-12(2)18-16(22)15(11)17(23)20-9-13(14(21)10-20)19-6-4-3-5-7-19/h8,13-14,21H,3-7,9-10H2,1-2H3,(H,18,22)/t13-,14-/m0/s1. The minimum Gasteiger partial charge on any atom is -0.390 e. The molecule has 0 aromatic carbocycles. The summed E-state index contributed by atoms with van der Waals surface area (Å²) in [5.41, 5.74) is 1.29. The van der Waals surface area contributed by atoms with Gasteiger partial charge in [0, 0.05) is 18.8 Å². The van der Waals surface area contributed by atoms with E-state index in [0.29, 0.717) is 18.7 Å². The fourth-order valence-corrected chi connectivity index (χ4v) is 3.82. The van der Waals surface area contributed by atoms with E-state index in [1.54, 1.807) is 18.7 Å². The number of pyridine rings is 1. The Hall–Kier alpha value is -1.66. The molecule has 2 atom stereocenters. The quantitative estimate of drug-likeness (QED) is 0.840. The van der Waals surface area contributed by atoms with Crippen molar-refractivity contribution in [2.24, 2.45) is 0 Å². The van der Waals surface area contributed by atoms with Gasteiger partial charge in [0.1, 0.15) is 5.56 Å². The first-order valence-corrected chi connectivity index (χ1v) is 8.39. The third-order valence-electron chi connectivity index (χ3n) is 4.98. The smallest absolute Gasteiger partial charge is 0.261 e. The Bertz CT molecular complexity index is 649. The van der Waals surface area contributed by atoms with Crippen LogP contribution in [0, 0.1) is 13.8 Å². The molecule has 2 aliphatic rings. The predicted octanol–water partition coefficient (Wildman–Crippen LogP) is 0.663. The predicted molar refractivity (Wildman–Crippen MR) is 87.7 cm³/mol. The zero-order valence-corrected chi connectivity index (χ0v) is 13.8. The first kappa shape index (κ1) is 16.2. The Morgan fingerprint density at radius 1 is 1.22 bits per heavy atom. The maximum Gasteiger partial charge on any atom is 0.261 e. The van der Waals surface area contributed by atoms with Gasteiger partial charge < -0.3 is 15.0 Å². The number of H-pyrrole nitrogens is 1. The van der Waals surface area contributed by atoms with E-state index in [-0.39, 0.29) is 23.1 Å². The van der Waals surface area contributed by atoms with E-state index in [2.05, 4.69) is 9.88 Å². The Morgan fingerprint density at radius 2 is 1.91 bits per heavy atom. The van der Waals surface area contributed by atoms with Crippen LogP contribution in [-0.2, 0) is 0 Å². The number of nitrogens with one attached hydrogen (secondary N) is 1. The molecule has 2 N–H and O–H groups in total. The lowest BCUT2D eigenvalue weighted by Gasteiger charge is -2.33. The molecular formula is C17H25N3O3. The molecule has 0 saturated carbocycles. The topological polar surface area (TPSA) is 76.6 Å². The third-order valence-corrected chi connectivity index (χ3v) is 4.98. The van der Waals surface area contributed by atoms with Crippen molar-refractivity contribution < 1.29 is 9.90 Å². The van der Waals surface area contributed by atoms with Crippen LogP contribution in [0.3, 0.4) is 0 Å². The minimum atomic E-state index is -0.540.